The molecule has 1 aliphatic heterocycles. The summed E-state index contributed by atoms with van der Waals surface area (Å²) >= 11 is 3.69. The molecule has 2 nitrogen and oxygen atoms in total. The lowest BCUT2D eigenvalue weighted by atomic mass is 9.88. The van der Waals surface area contributed by atoms with E-state index in [1.807, 2.05) is 0 Å². The van der Waals surface area contributed by atoms with E-state index in [0.29, 0.717) is 16.7 Å². The molecule has 0 N–H and O–H groups in total. The second-order valence-corrected chi connectivity index (χ2v) is 7.83. The molecule has 2 aliphatic rings. The van der Waals surface area contributed by atoms with Gasteiger partial charge < -0.3 is 4.90 Å². The number of hydrogen-bond acceptors (Lipinski definition) is 1. The second-order valence-electron chi connectivity index (χ2n) is 6.38. The number of hydrogen-bond donors (Lipinski definition) is 0. The van der Waals surface area contributed by atoms with Crippen molar-refractivity contribution < 1.29 is 4.79 Å². The first-order valence-corrected chi connectivity index (χ1v) is 9.03. The van der Waals surface area contributed by atoms with Crippen LogP contribution in [0.15, 0.2) is 0 Å². The normalized spacial score (nSPS) is 25.7. The van der Waals surface area contributed by atoms with Gasteiger partial charge in [-0.2, -0.15) is 0 Å². The van der Waals surface area contributed by atoms with Crippen LogP contribution in [-0.4, -0.2) is 28.7 Å². The monoisotopic (exact) mass is 329 g/mol. The Morgan fingerprint density at radius 2 is 1.53 bits per heavy atom. The molecule has 2 rings (SSSR count). The minimum Gasteiger partial charge on any atom is -0.342 e. The Bertz CT molecular complexity index is 276. The van der Waals surface area contributed by atoms with E-state index in [9.17, 15) is 4.79 Å². The maximum absolute atomic E-state index is 12.6. The van der Waals surface area contributed by atoms with Crippen molar-refractivity contribution >= 4 is 21.8 Å². The maximum atomic E-state index is 12.6. The summed E-state index contributed by atoms with van der Waals surface area (Å²) < 4.78 is 0. The van der Waals surface area contributed by atoms with E-state index < -0.39 is 0 Å². The molecule has 0 aromatic rings. The third-order valence-electron chi connectivity index (χ3n) is 4.96. The highest BCUT2D eigenvalue weighted by Crippen LogP contribution is 2.28. The van der Waals surface area contributed by atoms with E-state index in [-0.39, 0.29) is 0 Å². The summed E-state index contributed by atoms with van der Waals surface area (Å²) in [7, 11) is 0. The molecule has 1 saturated heterocycles. The topological polar surface area (TPSA) is 20.3 Å². The van der Waals surface area contributed by atoms with Crippen molar-refractivity contribution in [3.63, 3.8) is 0 Å². The number of piperidine rings is 1. The molecule has 1 saturated carbocycles. The molecule has 2 fully saturated rings. The Kier molecular flexibility index (Phi) is 6.18. The van der Waals surface area contributed by atoms with Gasteiger partial charge in [-0.3, -0.25) is 4.79 Å². The van der Waals surface area contributed by atoms with Crippen molar-refractivity contribution in [2.24, 2.45) is 11.8 Å². The first-order valence-electron chi connectivity index (χ1n) is 8.11. The molecule has 0 aromatic carbocycles. The van der Waals surface area contributed by atoms with E-state index in [1.54, 1.807) is 0 Å². The van der Waals surface area contributed by atoms with Crippen LogP contribution in [0.5, 0.6) is 0 Å². The summed E-state index contributed by atoms with van der Waals surface area (Å²) in [6, 6.07) is 0. The fourth-order valence-corrected chi connectivity index (χ4v) is 4.07. The van der Waals surface area contributed by atoms with Gasteiger partial charge in [-0.1, -0.05) is 55.0 Å². The van der Waals surface area contributed by atoms with Crippen molar-refractivity contribution in [2.45, 2.75) is 69.5 Å². The summed E-state index contributed by atoms with van der Waals surface area (Å²) in [6.45, 7) is 4.20. The van der Waals surface area contributed by atoms with Gasteiger partial charge >= 0.3 is 0 Å². The number of alkyl halides is 1. The number of rotatable bonds is 2. The Hall–Kier alpha value is -0.0500. The first kappa shape index (κ1) is 15.3. The van der Waals surface area contributed by atoms with Gasteiger partial charge in [-0.25, -0.2) is 0 Å². The van der Waals surface area contributed by atoms with Crippen molar-refractivity contribution in [3.8, 4) is 0 Å². The van der Waals surface area contributed by atoms with E-state index in [2.05, 4.69) is 27.8 Å². The zero-order valence-electron chi connectivity index (χ0n) is 12.2. The fourth-order valence-electron chi connectivity index (χ4n) is 3.54. The molecule has 1 aliphatic carbocycles. The van der Waals surface area contributed by atoms with Gasteiger partial charge in [0, 0.05) is 23.8 Å². The van der Waals surface area contributed by atoms with Crippen LogP contribution >= 0.6 is 15.9 Å². The Morgan fingerprint density at radius 3 is 2.05 bits per heavy atom. The molecule has 0 spiro atoms. The van der Waals surface area contributed by atoms with Crippen LogP contribution in [0.4, 0.5) is 0 Å². The second kappa shape index (κ2) is 7.66. The van der Waals surface area contributed by atoms with Crippen LogP contribution in [0.3, 0.4) is 0 Å². The number of carbonyl (C=O) groups is 1. The lowest BCUT2D eigenvalue weighted by Crippen LogP contribution is -2.43. The predicted molar refractivity (Wildman–Crippen MR) is 83.5 cm³/mol. The van der Waals surface area contributed by atoms with Crippen LogP contribution in [0.2, 0.25) is 0 Å². The van der Waals surface area contributed by atoms with Gasteiger partial charge in [-0.05, 0) is 31.6 Å². The molecule has 0 bridgehead atoms. The third-order valence-corrected chi connectivity index (χ3v) is 5.70. The van der Waals surface area contributed by atoms with Gasteiger partial charge in [0.15, 0.2) is 0 Å². The van der Waals surface area contributed by atoms with Gasteiger partial charge in [0.05, 0.1) is 0 Å². The highest BCUT2D eigenvalue weighted by molar-refractivity contribution is 9.09. The Balaban J connectivity index is 1.82. The van der Waals surface area contributed by atoms with Crippen LogP contribution < -0.4 is 0 Å². The van der Waals surface area contributed by atoms with Crippen molar-refractivity contribution in [2.75, 3.05) is 13.1 Å². The van der Waals surface area contributed by atoms with Gasteiger partial charge in [-0.15, -0.1) is 0 Å². The quantitative estimate of drug-likeness (QED) is 0.689. The SMILES string of the molecule is CC(Br)C1CCN(C(=O)C2CCCCCCC2)CC1. The third kappa shape index (κ3) is 4.47. The van der Waals surface area contributed by atoms with Crippen LogP contribution in [-0.2, 0) is 4.79 Å². The van der Waals surface area contributed by atoms with E-state index in [1.165, 1.54) is 44.9 Å². The highest BCUT2D eigenvalue weighted by Gasteiger charge is 2.29. The standard InChI is InChI=1S/C16H28BrNO/c1-13(17)14-9-11-18(12-10-14)16(19)15-7-5-3-2-4-6-8-15/h13-15H,2-12H2,1H3. The molecule has 1 atom stereocenters. The van der Waals surface area contributed by atoms with E-state index >= 15 is 0 Å². The van der Waals surface area contributed by atoms with Crippen molar-refractivity contribution in [1.82, 2.24) is 4.90 Å². The van der Waals surface area contributed by atoms with Crippen LogP contribution in [0.1, 0.15) is 64.7 Å². The molecule has 1 amide bonds. The largest absolute Gasteiger partial charge is 0.342 e. The molecule has 0 aromatic heterocycles. The summed E-state index contributed by atoms with van der Waals surface area (Å²) in [5, 5.41) is 0. The van der Waals surface area contributed by atoms with Crippen LogP contribution in [0.25, 0.3) is 0 Å². The average Bonchev–Trinajstić information content (AvgIpc) is 2.38. The lowest BCUT2D eigenvalue weighted by molar-refractivity contribution is -0.137. The van der Waals surface area contributed by atoms with E-state index in [4.69, 9.17) is 0 Å². The molecule has 0 radical (unpaired) electrons. The first-order chi connectivity index (χ1) is 9.18. The van der Waals surface area contributed by atoms with Gasteiger partial charge in [0.25, 0.3) is 0 Å². The highest BCUT2D eigenvalue weighted by atomic mass is 79.9. The van der Waals surface area contributed by atoms with Crippen molar-refractivity contribution in [3.05, 3.63) is 0 Å². The summed E-state index contributed by atoms with van der Waals surface area (Å²) in [6.07, 6.45) is 11.1. The molecule has 110 valence electrons. The Labute approximate surface area is 126 Å². The van der Waals surface area contributed by atoms with E-state index in [0.717, 1.165) is 31.8 Å². The summed E-state index contributed by atoms with van der Waals surface area (Å²) in [5.41, 5.74) is 0. The molecule has 1 heterocycles. The summed E-state index contributed by atoms with van der Waals surface area (Å²) in [4.78, 5) is 15.3. The van der Waals surface area contributed by atoms with Gasteiger partial charge in [0.2, 0.25) is 5.91 Å². The zero-order chi connectivity index (χ0) is 13.7. The van der Waals surface area contributed by atoms with Gasteiger partial charge in [0.1, 0.15) is 0 Å². The van der Waals surface area contributed by atoms with Crippen LogP contribution in [0, 0.1) is 11.8 Å². The molecular formula is C16H28BrNO. The molecule has 19 heavy (non-hydrogen) atoms. The number of amides is 1. The minimum atomic E-state index is 0.332. The zero-order valence-corrected chi connectivity index (χ0v) is 13.8. The number of nitrogens with zero attached hydrogens (tertiary/aromatic N) is 1. The summed E-state index contributed by atoms with van der Waals surface area (Å²) in [5.74, 6) is 1.54. The number of carbonyl (C=O) groups excluding carboxylic acids is 1. The molecule has 1 unspecified atom stereocenters. The maximum Gasteiger partial charge on any atom is 0.225 e. The molecule has 3 heteroatoms. The lowest BCUT2D eigenvalue weighted by Gasteiger charge is -2.35. The number of likely N-dealkylation sites (tertiary alicyclic amines) is 1. The predicted octanol–water partition coefficient (Wildman–Crippen LogP) is 4.37. The number of halogens is 1. The smallest absolute Gasteiger partial charge is 0.225 e. The Morgan fingerprint density at radius 1 is 1.00 bits per heavy atom. The molecular weight excluding hydrogens is 302 g/mol. The average molecular weight is 330 g/mol. The fraction of sp³-hybridized carbons (Fsp3) is 0.938. The minimum absolute atomic E-state index is 0.332. The van der Waals surface area contributed by atoms with Crippen molar-refractivity contribution in [1.29, 1.82) is 0 Å².